The van der Waals surface area contributed by atoms with Crippen molar-refractivity contribution in [2.75, 3.05) is 13.2 Å². The zero-order valence-corrected chi connectivity index (χ0v) is 9.55. The number of H-pyrrole nitrogens is 1. The molecule has 1 aromatic heterocycles. The van der Waals surface area contributed by atoms with Crippen LogP contribution in [0.15, 0.2) is 6.33 Å². The van der Waals surface area contributed by atoms with E-state index in [1.54, 1.807) is 6.92 Å². The van der Waals surface area contributed by atoms with Crippen LogP contribution in [0.1, 0.15) is 30.4 Å². The van der Waals surface area contributed by atoms with Gasteiger partial charge >= 0.3 is 5.97 Å². The fourth-order valence-corrected chi connectivity index (χ4v) is 1.94. The minimum absolute atomic E-state index is 0.154. The monoisotopic (exact) mass is 238 g/mol. The fourth-order valence-electron chi connectivity index (χ4n) is 1.94. The number of nitrogens with one attached hydrogen (secondary N) is 1. The highest BCUT2D eigenvalue weighted by Gasteiger charge is 2.36. The second-order valence-corrected chi connectivity index (χ2v) is 3.74. The Balaban J connectivity index is 2.09. The van der Waals surface area contributed by atoms with Crippen LogP contribution in [-0.4, -0.2) is 51.2 Å². The minimum atomic E-state index is -0.493. The van der Waals surface area contributed by atoms with Crippen molar-refractivity contribution in [3.05, 3.63) is 12.2 Å². The van der Waals surface area contributed by atoms with Crippen LogP contribution in [0.3, 0.4) is 0 Å². The molecule has 0 aliphatic carbocycles. The summed E-state index contributed by atoms with van der Waals surface area (Å²) in [6.45, 7) is 2.61. The Morgan fingerprint density at radius 1 is 1.65 bits per heavy atom. The van der Waals surface area contributed by atoms with Gasteiger partial charge in [-0.25, -0.2) is 9.78 Å². The molecule has 0 radical (unpaired) electrons. The lowest BCUT2D eigenvalue weighted by Crippen LogP contribution is -2.41. The van der Waals surface area contributed by atoms with E-state index in [9.17, 15) is 9.59 Å². The number of aromatic amines is 1. The third kappa shape index (κ3) is 2.27. The molecule has 1 N–H and O–H groups in total. The Kier molecular flexibility index (Phi) is 3.36. The van der Waals surface area contributed by atoms with Crippen molar-refractivity contribution in [1.82, 2.24) is 20.1 Å². The molecule has 92 valence electrons. The van der Waals surface area contributed by atoms with Gasteiger partial charge in [-0.05, 0) is 19.8 Å². The first-order valence-electron chi connectivity index (χ1n) is 5.57. The van der Waals surface area contributed by atoms with E-state index in [-0.39, 0.29) is 17.7 Å². The highest BCUT2D eigenvalue weighted by atomic mass is 16.5. The number of hydrogen-bond donors (Lipinski definition) is 1. The van der Waals surface area contributed by atoms with Crippen LogP contribution in [0.5, 0.6) is 0 Å². The van der Waals surface area contributed by atoms with Crippen LogP contribution in [-0.2, 0) is 9.53 Å². The normalized spacial score (nSPS) is 19.4. The second kappa shape index (κ2) is 4.94. The van der Waals surface area contributed by atoms with Crippen LogP contribution in [0, 0.1) is 0 Å². The summed E-state index contributed by atoms with van der Waals surface area (Å²) in [4.78, 5) is 29.0. The van der Waals surface area contributed by atoms with Crippen molar-refractivity contribution >= 4 is 11.9 Å². The zero-order valence-electron chi connectivity index (χ0n) is 9.55. The van der Waals surface area contributed by atoms with Crippen molar-refractivity contribution in [2.45, 2.75) is 25.8 Å². The summed E-state index contributed by atoms with van der Waals surface area (Å²) >= 11 is 0. The Morgan fingerprint density at radius 2 is 2.47 bits per heavy atom. The van der Waals surface area contributed by atoms with E-state index in [1.165, 1.54) is 11.2 Å². The summed E-state index contributed by atoms with van der Waals surface area (Å²) < 4.78 is 4.94. The molecule has 1 unspecified atom stereocenters. The van der Waals surface area contributed by atoms with Crippen LogP contribution < -0.4 is 0 Å². The van der Waals surface area contributed by atoms with Gasteiger partial charge in [-0.3, -0.25) is 9.89 Å². The highest BCUT2D eigenvalue weighted by molar-refractivity contribution is 5.94. The van der Waals surface area contributed by atoms with Crippen molar-refractivity contribution in [3.8, 4) is 0 Å². The SMILES string of the molecule is CCOC(=O)C1CCCN1C(=O)c1ncn[nH]1. The van der Waals surface area contributed by atoms with Gasteiger partial charge < -0.3 is 9.64 Å². The zero-order chi connectivity index (χ0) is 12.3. The van der Waals surface area contributed by atoms with Gasteiger partial charge in [0.2, 0.25) is 5.82 Å². The first-order chi connectivity index (χ1) is 8.24. The molecule has 2 heterocycles. The molecule has 0 spiro atoms. The molecular formula is C10H14N4O3. The number of aromatic nitrogens is 3. The third-order valence-corrected chi connectivity index (χ3v) is 2.69. The molecule has 7 heteroatoms. The van der Waals surface area contributed by atoms with Gasteiger partial charge in [0.1, 0.15) is 12.4 Å². The van der Waals surface area contributed by atoms with Crippen LogP contribution >= 0.6 is 0 Å². The quantitative estimate of drug-likeness (QED) is 0.747. The number of rotatable bonds is 3. The van der Waals surface area contributed by atoms with E-state index < -0.39 is 6.04 Å². The maximum absolute atomic E-state index is 12.0. The van der Waals surface area contributed by atoms with Crippen molar-refractivity contribution < 1.29 is 14.3 Å². The lowest BCUT2D eigenvalue weighted by molar-refractivity contribution is -0.147. The van der Waals surface area contributed by atoms with Crippen molar-refractivity contribution in [2.24, 2.45) is 0 Å². The summed E-state index contributed by atoms with van der Waals surface area (Å²) in [6, 6.07) is -0.493. The maximum Gasteiger partial charge on any atom is 0.328 e. The van der Waals surface area contributed by atoms with Crippen molar-refractivity contribution in [3.63, 3.8) is 0 Å². The molecule has 1 fully saturated rings. The summed E-state index contributed by atoms with van der Waals surface area (Å²) in [7, 11) is 0. The Bertz CT molecular complexity index is 404. The molecule has 1 aliphatic heterocycles. The number of esters is 1. The lowest BCUT2D eigenvalue weighted by atomic mass is 10.2. The van der Waals surface area contributed by atoms with Gasteiger partial charge in [-0.2, -0.15) is 5.10 Å². The van der Waals surface area contributed by atoms with E-state index in [2.05, 4.69) is 15.2 Å². The molecule has 1 atom stereocenters. The summed E-state index contributed by atoms with van der Waals surface area (Å²) in [5.74, 6) is -0.503. The number of likely N-dealkylation sites (tertiary alicyclic amines) is 1. The van der Waals surface area contributed by atoms with E-state index in [4.69, 9.17) is 4.74 Å². The average Bonchev–Trinajstić information content (AvgIpc) is 3.00. The number of hydrogen-bond acceptors (Lipinski definition) is 5. The number of ether oxygens (including phenoxy) is 1. The predicted molar refractivity (Wildman–Crippen MR) is 57.1 cm³/mol. The number of carbonyl (C=O) groups is 2. The minimum Gasteiger partial charge on any atom is -0.464 e. The van der Waals surface area contributed by atoms with Crippen LogP contribution in [0.2, 0.25) is 0 Å². The van der Waals surface area contributed by atoms with E-state index >= 15 is 0 Å². The fraction of sp³-hybridized carbons (Fsp3) is 0.600. The third-order valence-electron chi connectivity index (χ3n) is 2.69. The second-order valence-electron chi connectivity index (χ2n) is 3.74. The molecule has 0 bridgehead atoms. The average molecular weight is 238 g/mol. The molecule has 1 aromatic rings. The van der Waals surface area contributed by atoms with Crippen LogP contribution in [0.25, 0.3) is 0 Å². The molecule has 0 saturated carbocycles. The first kappa shape index (κ1) is 11.6. The molecular weight excluding hydrogens is 224 g/mol. The first-order valence-corrected chi connectivity index (χ1v) is 5.57. The standard InChI is InChI=1S/C10H14N4O3/c1-2-17-10(16)7-4-3-5-14(7)9(15)8-11-6-12-13-8/h6-7H,2-5H2,1H3,(H,11,12,13). The van der Waals surface area contributed by atoms with Gasteiger partial charge in [0.25, 0.3) is 5.91 Å². The van der Waals surface area contributed by atoms with E-state index in [0.29, 0.717) is 19.6 Å². The largest absolute Gasteiger partial charge is 0.464 e. The molecule has 17 heavy (non-hydrogen) atoms. The predicted octanol–water partition coefficient (Wildman–Crippen LogP) is -0.0276. The maximum atomic E-state index is 12.0. The summed E-state index contributed by atoms with van der Waals surface area (Å²) in [5.41, 5.74) is 0. The van der Waals surface area contributed by atoms with Gasteiger partial charge in [-0.1, -0.05) is 0 Å². The highest BCUT2D eigenvalue weighted by Crippen LogP contribution is 2.20. The molecule has 2 rings (SSSR count). The molecule has 7 nitrogen and oxygen atoms in total. The number of amides is 1. The number of nitrogens with zero attached hydrogens (tertiary/aromatic N) is 3. The summed E-state index contributed by atoms with van der Waals surface area (Å²) in [5, 5.41) is 6.12. The van der Waals surface area contributed by atoms with Crippen LogP contribution in [0.4, 0.5) is 0 Å². The lowest BCUT2D eigenvalue weighted by Gasteiger charge is -2.21. The summed E-state index contributed by atoms with van der Waals surface area (Å²) in [6.07, 6.45) is 2.70. The van der Waals surface area contributed by atoms with Crippen molar-refractivity contribution in [1.29, 1.82) is 0 Å². The Hall–Kier alpha value is -1.92. The molecule has 1 amide bonds. The number of carbonyl (C=O) groups excluding carboxylic acids is 2. The Labute approximate surface area is 98.2 Å². The smallest absolute Gasteiger partial charge is 0.328 e. The molecule has 0 aromatic carbocycles. The molecule has 1 saturated heterocycles. The molecule has 1 aliphatic rings. The van der Waals surface area contributed by atoms with E-state index in [0.717, 1.165) is 6.42 Å². The topological polar surface area (TPSA) is 88.2 Å². The van der Waals surface area contributed by atoms with E-state index in [1.807, 2.05) is 0 Å². The van der Waals surface area contributed by atoms with Gasteiger partial charge in [0.05, 0.1) is 6.61 Å². The Morgan fingerprint density at radius 3 is 3.12 bits per heavy atom. The van der Waals surface area contributed by atoms with Gasteiger partial charge in [0.15, 0.2) is 0 Å². The van der Waals surface area contributed by atoms with Gasteiger partial charge in [-0.15, -0.1) is 0 Å². The van der Waals surface area contributed by atoms with Gasteiger partial charge in [0, 0.05) is 6.54 Å².